The Balaban J connectivity index is 1.64. The third-order valence-electron chi connectivity index (χ3n) is 4.08. The third-order valence-corrected chi connectivity index (χ3v) is 4.32. The Morgan fingerprint density at radius 3 is 2.85 bits per heavy atom. The molecule has 0 aliphatic heterocycles. The summed E-state index contributed by atoms with van der Waals surface area (Å²) in [5.74, 6) is 0.234. The average molecular weight is 375 g/mol. The molecule has 1 amide bonds. The second kappa shape index (κ2) is 7.85. The molecular weight excluding hydrogens is 355 g/mol. The largest absolute Gasteiger partial charge is 0.354 e. The summed E-state index contributed by atoms with van der Waals surface area (Å²) in [4.78, 5) is 22.0. The van der Waals surface area contributed by atoms with Gasteiger partial charge in [0.2, 0.25) is 5.91 Å². The number of nitrogens with zero attached hydrogens (tertiary/aromatic N) is 2. The average Bonchev–Trinajstić information content (AvgIpc) is 2.96. The van der Waals surface area contributed by atoms with E-state index in [1.165, 1.54) is 12.1 Å². The maximum absolute atomic E-state index is 13.5. The predicted octanol–water partition coefficient (Wildman–Crippen LogP) is 3.32. The van der Waals surface area contributed by atoms with Crippen LogP contribution in [-0.2, 0) is 11.2 Å². The quantitative estimate of drug-likeness (QED) is 0.695. The van der Waals surface area contributed by atoms with Gasteiger partial charge in [-0.05, 0) is 50.0 Å². The van der Waals surface area contributed by atoms with Crippen LogP contribution in [0.3, 0.4) is 0 Å². The van der Waals surface area contributed by atoms with E-state index in [2.05, 4.69) is 15.3 Å². The number of imidazole rings is 1. The number of H-pyrrole nitrogens is 1. The van der Waals surface area contributed by atoms with Crippen LogP contribution < -0.4 is 5.32 Å². The number of nitrogens with one attached hydrogen (secondary N) is 2. The number of carbonyl (C=O) groups is 1. The number of benzene rings is 2. The number of hydrogen-bond acceptors (Lipinski definition) is 3. The van der Waals surface area contributed by atoms with Crippen LogP contribution in [0.2, 0.25) is 5.02 Å². The Kier molecular flexibility index (Phi) is 5.54. The van der Waals surface area contributed by atoms with Crippen LogP contribution >= 0.6 is 11.6 Å². The molecule has 0 saturated carbocycles. The molecule has 2 N–H and O–H groups in total. The van der Waals surface area contributed by atoms with Gasteiger partial charge in [0.15, 0.2) is 0 Å². The molecule has 0 spiro atoms. The van der Waals surface area contributed by atoms with Gasteiger partial charge in [-0.25, -0.2) is 9.37 Å². The molecule has 0 saturated heterocycles. The Bertz CT molecular complexity index is 925. The van der Waals surface area contributed by atoms with E-state index in [1.54, 1.807) is 37.2 Å². The van der Waals surface area contributed by atoms with Crippen molar-refractivity contribution in [2.45, 2.75) is 12.5 Å². The van der Waals surface area contributed by atoms with Crippen molar-refractivity contribution in [2.24, 2.45) is 0 Å². The number of amides is 1. The van der Waals surface area contributed by atoms with Crippen molar-refractivity contribution in [3.05, 3.63) is 64.7 Å². The topological polar surface area (TPSA) is 61.0 Å². The van der Waals surface area contributed by atoms with Crippen LogP contribution in [-0.4, -0.2) is 41.4 Å². The lowest BCUT2D eigenvalue weighted by atomic mass is 10.1. The Morgan fingerprint density at radius 2 is 2.12 bits per heavy atom. The molecule has 0 radical (unpaired) electrons. The smallest absolute Gasteiger partial charge is 0.241 e. The summed E-state index contributed by atoms with van der Waals surface area (Å²) in [6.07, 6.45) is 0.557. The van der Waals surface area contributed by atoms with Crippen LogP contribution in [0, 0.1) is 5.82 Å². The summed E-state index contributed by atoms with van der Waals surface area (Å²) in [6.45, 7) is 0.423. The van der Waals surface area contributed by atoms with E-state index < -0.39 is 6.04 Å². The molecule has 0 bridgehead atoms. The molecule has 1 aromatic heterocycles. The molecule has 136 valence electrons. The zero-order chi connectivity index (χ0) is 18.7. The second-order valence-corrected chi connectivity index (χ2v) is 6.74. The van der Waals surface area contributed by atoms with Gasteiger partial charge in [-0.1, -0.05) is 23.7 Å². The highest BCUT2D eigenvalue weighted by molar-refractivity contribution is 6.31. The van der Waals surface area contributed by atoms with Crippen LogP contribution in [0.5, 0.6) is 0 Å². The Labute approximate surface area is 156 Å². The highest BCUT2D eigenvalue weighted by atomic mass is 35.5. The summed E-state index contributed by atoms with van der Waals surface area (Å²) in [7, 11) is 3.58. The van der Waals surface area contributed by atoms with E-state index in [-0.39, 0.29) is 11.7 Å². The molecule has 2 aromatic carbocycles. The van der Waals surface area contributed by atoms with Crippen molar-refractivity contribution in [2.75, 3.05) is 20.6 Å². The number of hydrogen-bond donors (Lipinski definition) is 2. The first-order valence-electron chi connectivity index (χ1n) is 8.28. The molecule has 1 unspecified atom stereocenters. The minimum Gasteiger partial charge on any atom is -0.354 e. The van der Waals surface area contributed by atoms with Crippen molar-refractivity contribution >= 4 is 28.5 Å². The standard InChI is InChI=1S/C19H20ClFN4O/c1-25(2)18(12-4-3-5-14(21)10-12)19(26)22-9-8-17-23-15-7-6-13(20)11-16(15)24-17/h3-7,10-11,18H,8-9H2,1-2H3,(H,22,26)(H,23,24). The number of likely N-dealkylation sites (N-methyl/N-ethyl adjacent to an activating group) is 1. The van der Waals surface area contributed by atoms with Crippen LogP contribution in [0.1, 0.15) is 17.4 Å². The molecule has 3 rings (SSSR count). The fourth-order valence-corrected chi connectivity index (χ4v) is 3.09. The fourth-order valence-electron chi connectivity index (χ4n) is 2.91. The Hall–Kier alpha value is -2.44. The predicted molar refractivity (Wildman–Crippen MR) is 101 cm³/mol. The number of carbonyl (C=O) groups excluding carboxylic acids is 1. The lowest BCUT2D eigenvalue weighted by Crippen LogP contribution is -2.38. The van der Waals surface area contributed by atoms with Gasteiger partial charge in [0.1, 0.15) is 17.7 Å². The van der Waals surface area contributed by atoms with Gasteiger partial charge >= 0.3 is 0 Å². The van der Waals surface area contributed by atoms with E-state index in [0.717, 1.165) is 16.9 Å². The molecule has 5 nitrogen and oxygen atoms in total. The van der Waals surface area contributed by atoms with E-state index in [9.17, 15) is 9.18 Å². The molecule has 1 heterocycles. The lowest BCUT2D eigenvalue weighted by Gasteiger charge is -2.23. The molecule has 0 aliphatic rings. The highest BCUT2D eigenvalue weighted by Gasteiger charge is 2.23. The van der Waals surface area contributed by atoms with Gasteiger partial charge in [-0.2, -0.15) is 0 Å². The van der Waals surface area contributed by atoms with Crippen molar-refractivity contribution in [3.8, 4) is 0 Å². The van der Waals surface area contributed by atoms with E-state index in [1.807, 2.05) is 12.1 Å². The maximum Gasteiger partial charge on any atom is 0.241 e. The monoisotopic (exact) mass is 374 g/mol. The van der Waals surface area contributed by atoms with Crippen LogP contribution in [0.15, 0.2) is 42.5 Å². The SMILES string of the molecule is CN(C)C(C(=O)NCCc1nc2ccc(Cl)cc2[nH]1)c1cccc(F)c1. The summed E-state index contributed by atoms with van der Waals surface area (Å²) < 4.78 is 13.5. The number of fused-ring (bicyclic) bond motifs is 1. The fraction of sp³-hybridized carbons (Fsp3) is 0.263. The van der Waals surface area contributed by atoms with Gasteiger partial charge in [0.25, 0.3) is 0 Å². The van der Waals surface area contributed by atoms with Crippen molar-refractivity contribution in [3.63, 3.8) is 0 Å². The summed E-state index contributed by atoms with van der Waals surface area (Å²) in [5.41, 5.74) is 2.32. The summed E-state index contributed by atoms with van der Waals surface area (Å²) in [6, 6.07) is 11.0. The van der Waals surface area contributed by atoms with Gasteiger partial charge in [0, 0.05) is 18.0 Å². The molecule has 7 heteroatoms. The molecule has 3 aromatic rings. The zero-order valence-corrected chi connectivity index (χ0v) is 15.3. The van der Waals surface area contributed by atoms with Gasteiger partial charge in [0.05, 0.1) is 11.0 Å². The number of halogens is 2. The first-order valence-corrected chi connectivity index (χ1v) is 8.65. The number of aromatic nitrogens is 2. The van der Waals surface area contributed by atoms with Gasteiger partial charge in [-0.15, -0.1) is 0 Å². The van der Waals surface area contributed by atoms with E-state index in [4.69, 9.17) is 11.6 Å². The minimum absolute atomic E-state index is 0.181. The molecule has 0 fully saturated rings. The van der Waals surface area contributed by atoms with Crippen molar-refractivity contribution in [1.29, 1.82) is 0 Å². The maximum atomic E-state index is 13.5. The van der Waals surface area contributed by atoms with Crippen LogP contribution in [0.4, 0.5) is 4.39 Å². The van der Waals surface area contributed by atoms with Crippen molar-refractivity contribution in [1.82, 2.24) is 20.2 Å². The molecular formula is C19H20ClFN4O. The molecule has 1 atom stereocenters. The number of aromatic amines is 1. The number of rotatable bonds is 6. The normalized spacial score (nSPS) is 12.5. The molecule has 26 heavy (non-hydrogen) atoms. The minimum atomic E-state index is -0.555. The second-order valence-electron chi connectivity index (χ2n) is 6.31. The summed E-state index contributed by atoms with van der Waals surface area (Å²) in [5, 5.41) is 3.54. The van der Waals surface area contributed by atoms with Gasteiger partial charge in [-0.3, -0.25) is 9.69 Å². The first-order chi connectivity index (χ1) is 12.4. The summed E-state index contributed by atoms with van der Waals surface area (Å²) >= 11 is 5.97. The van der Waals surface area contributed by atoms with Gasteiger partial charge < -0.3 is 10.3 Å². The van der Waals surface area contributed by atoms with E-state index in [0.29, 0.717) is 23.6 Å². The lowest BCUT2D eigenvalue weighted by molar-refractivity contribution is -0.125. The van der Waals surface area contributed by atoms with Crippen molar-refractivity contribution < 1.29 is 9.18 Å². The zero-order valence-electron chi connectivity index (χ0n) is 14.6. The highest BCUT2D eigenvalue weighted by Crippen LogP contribution is 2.20. The van der Waals surface area contributed by atoms with E-state index >= 15 is 0 Å². The Morgan fingerprint density at radius 1 is 1.31 bits per heavy atom. The van der Waals surface area contributed by atoms with Crippen LogP contribution in [0.25, 0.3) is 11.0 Å². The third kappa shape index (κ3) is 4.20. The first kappa shape index (κ1) is 18.4. The molecule has 0 aliphatic carbocycles.